The maximum atomic E-state index is 11.9. The second kappa shape index (κ2) is 7.07. The molecule has 0 aliphatic carbocycles. The van der Waals surface area contributed by atoms with Crippen LogP contribution in [0.3, 0.4) is 0 Å². The molecule has 2 rings (SSSR count). The van der Waals surface area contributed by atoms with E-state index in [1.807, 2.05) is 0 Å². The number of amides is 1. The smallest absolute Gasteiger partial charge is 0.221 e. The van der Waals surface area contributed by atoms with E-state index in [2.05, 4.69) is 22.6 Å². The number of nitrogens with zero attached hydrogens (tertiary/aromatic N) is 1. The van der Waals surface area contributed by atoms with Gasteiger partial charge in [0.15, 0.2) is 0 Å². The number of nitrogens with one attached hydrogen (secondary N) is 2. The van der Waals surface area contributed by atoms with Crippen LogP contribution < -0.4 is 10.6 Å². The number of rotatable bonds is 4. The molecule has 0 radical (unpaired) electrons. The molecule has 2 fully saturated rings. The summed E-state index contributed by atoms with van der Waals surface area (Å²) in [4.78, 5) is 14.1. The third-order valence-electron chi connectivity index (χ3n) is 3.82. The van der Waals surface area contributed by atoms with Gasteiger partial charge in [0.25, 0.3) is 0 Å². The summed E-state index contributed by atoms with van der Waals surface area (Å²) in [7, 11) is 2.10. The van der Waals surface area contributed by atoms with Crippen molar-refractivity contribution in [1.82, 2.24) is 15.5 Å². The number of carbonyl (C=O) groups excluding carboxylic acids is 1. The number of carbonyl (C=O) groups is 1. The largest absolute Gasteiger partial charge is 0.381 e. The number of ether oxygens (including phenoxy) is 1. The fourth-order valence-electron chi connectivity index (χ4n) is 2.63. The van der Waals surface area contributed by atoms with E-state index in [1.165, 1.54) is 0 Å². The highest BCUT2D eigenvalue weighted by Gasteiger charge is 2.20. The normalized spacial score (nSPS) is 27.1. The van der Waals surface area contributed by atoms with Crippen LogP contribution in [0.15, 0.2) is 0 Å². The van der Waals surface area contributed by atoms with Crippen LogP contribution in [0.5, 0.6) is 0 Å². The van der Waals surface area contributed by atoms with Crippen molar-refractivity contribution in [3.8, 4) is 0 Å². The van der Waals surface area contributed by atoms with Crippen molar-refractivity contribution in [2.75, 3.05) is 46.4 Å². The first-order valence-corrected chi connectivity index (χ1v) is 7.00. The van der Waals surface area contributed by atoms with Gasteiger partial charge in [-0.2, -0.15) is 0 Å². The van der Waals surface area contributed by atoms with Crippen molar-refractivity contribution < 1.29 is 9.53 Å². The zero-order chi connectivity index (χ0) is 12.8. The molecule has 104 valence electrons. The molecule has 0 aromatic heterocycles. The molecule has 18 heavy (non-hydrogen) atoms. The van der Waals surface area contributed by atoms with E-state index in [-0.39, 0.29) is 5.91 Å². The number of hydrogen-bond donors (Lipinski definition) is 2. The van der Waals surface area contributed by atoms with Crippen molar-refractivity contribution in [3.63, 3.8) is 0 Å². The highest BCUT2D eigenvalue weighted by Crippen LogP contribution is 2.13. The zero-order valence-corrected chi connectivity index (χ0v) is 11.3. The van der Waals surface area contributed by atoms with E-state index >= 15 is 0 Å². The van der Waals surface area contributed by atoms with Crippen LogP contribution in [0.2, 0.25) is 0 Å². The van der Waals surface area contributed by atoms with Crippen LogP contribution in [-0.2, 0) is 9.53 Å². The molecule has 0 saturated carbocycles. The van der Waals surface area contributed by atoms with Crippen LogP contribution in [0.4, 0.5) is 0 Å². The first-order chi connectivity index (χ1) is 8.74. The van der Waals surface area contributed by atoms with Crippen LogP contribution >= 0.6 is 0 Å². The number of hydrogen-bond acceptors (Lipinski definition) is 4. The van der Waals surface area contributed by atoms with Crippen molar-refractivity contribution in [1.29, 1.82) is 0 Å². The summed E-state index contributed by atoms with van der Waals surface area (Å²) >= 11 is 0. The van der Waals surface area contributed by atoms with Crippen molar-refractivity contribution in [2.45, 2.75) is 25.3 Å². The van der Waals surface area contributed by atoms with Gasteiger partial charge in [-0.3, -0.25) is 4.79 Å². The molecule has 0 bridgehead atoms. The first-order valence-electron chi connectivity index (χ1n) is 7.00. The standard InChI is InChI=1S/C13H25N3O2/c1-16-5-4-14-12(10-16)8-13(17)15-9-11-2-6-18-7-3-11/h11-12,14H,2-10H2,1H3,(H,15,17). The second-order valence-corrected chi connectivity index (χ2v) is 5.48. The van der Waals surface area contributed by atoms with Crippen molar-refractivity contribution in [3.05, 3.63) is 0 Å². The maximum absolute atomic E-state index is 11.9. The Hall–Kier alpha value is -0.650. The highest BCUT2D eigenvalue weighted by atomic mass is 16.5. The average molecular weight is 255 g/mol. The molecular formula is C13H25N3O2. The molecule has 1 unspecified atom stereocenters. The molecule has 1 amide bonds. The van der Waals surface area contributed by atoms with Gasteiger partial charge in [0.05, 0.1) is 0 Å². The van der Waals surface area contributed by atoms with Gasteiger partial charge in [-0.25, -0.2) is 0 Å². The van der Waals surface area contributed by atoms with Gasteiger partial charge in [-0.05, 0) is 25.8 Å². The van der Waals surface area contributed by atoms with Crippen LogP contribution in [0.1, 0.15) is 19.3 Å². The predicted molar refractivity (Wildman–Crippen MR) is 70.5 cm³/mol. The van der Waals surface area contributed by atoms with Crippen LogP contribution in [-0.4, -0.2) is 63.3 Å². The Morgan fingerprint density at radius 3 is 2.94 bits per heavy atom. The summed E-state index contributed by atoms with van der Waals surface area (Å²) in [5.74, 6) is 0.777. The molecule has 2 aliphatic heterocycles. The summed E-state index contributed by atoms with van der Waals surface area (Å²) in [6, 6.07) is 0.304. The third-order valence-corrected chi connectivity index (χ3v) is 3.82. The molecule has 0 spiro atoms. The molecular weight excluding hydrogens is 230 g/mol. The Bertz CT molecular complexity index is 267. The average Bonchev–Trinajstić information content (AvgIpc) is 2.38. The SMILES string of the molecule is CN1CCNC(CC(=O)NCC2CCOCC2)C1. The van der Waals surface area contributed by atoms with Crippen LogP contribution in [0, 0.1) is 5.92 Å². The van der Waals surface area contributed by atoms with Crippen LogP contribution in [0.25, 0.3) is 0 Å². The molecule has 0 aromatic carbocycles. The summed E-state index contributed by atoms with van der Waals surface area (Å²) in [5, 5.41) is 6.46. The van der Waals surface area contributed by atoms with E-state index in [1.54, 1.807) is 0 Å². The second-order valence-electron chi connectivity index (χ2n) is 5.48. The Balaban J connectivity index is 1.62. The molecule has 2 N–H and O–H groups in total. The van der Waals surface area contributed by atoms with E-state index in [4.69, 9.17) is 4.74 Å². The first kappa shape index (κ1) is 13.8. The Morgan fingerprint density at radius 1 is 1.44 bits per heavy atom. The molecule has 2 heterocycles. The molecule has 0 aromatic rings. The van der Waals surface area contributed by atoms with E-state index in [0.717, 1.165) is 52.2 Å². The fourth-order valence-corrected chi connectivity index (χ4v) is 2.63. The summed E-state index contributed by atoms with van der Waals surface area (Å²) in [6.45, 7) is 5.51. The van der Waals surface area contributed by atoms with Gasteiger partial charge >= 0.3 is 0 Å². The van der Waals surface area contributed by atoms with Gasteiger partial charge in [0, 0.05) is 51.9 Å². The van der Waals surface area contributed by atoms with Gasteiger partial charge in [-0.15, -0.1) is 0 Å². The van der Waals surface area contributed by atoms with E-state index in [9.17, 15) is 4.79 Å². The fraction of sp³-hybridized carbons (Fsp3) is 0.923. The minimum absolute atomic E-state index is 0.175. The Kier molecular flexibility index (Phi) is 5.41. The molecule has 5 nitrogen and oxygen atoms in total. The molecule has 2 saturated heterocycles. The monoisotopic (exact) mass is 255 g/mol. The third kappa shape index (κ3) is 4.55. The topological polar surface area (TPSA) is 53.6 Å². The van der Waals surface area contributed by atoms with Crippen molar-refractivity contribution in [2.24, 2.45) is 5.92 Å². The van der Waals surface area contributed by atoms with Gasteiger partial charge in [-0.1, -0.05) is 0 Å². The Morgan fingerprint density at radius 2 is 2.22 bits per heavy atom. The Labute approximate surface area is 109 Å². The number of likely N-dealkylation sites (N-methyl/N-ethyl adjacent to an activating group) is 1. The lowest BCUT2D eigenvalue weighted by Crippen LogP contribution is -2.50. The number of piperazine rings is 1. The van der Waals surface area contributed by atoms with Gasteiger partial charge in [0.2, 0.25) is 5.91 Å². The summed E-state index contributed by atoms with van der Waals surface area (Å²) in [5.41, 5.74) is 0. The molecule has 2 aliphatic rings. The maximum Gasteiger partial charge on any atom is 0.221 e. The quantitative estimate of drug-likeness (QED) is 0.732. The van der Waals surface area contributed by atoms with Crippen molar-refractivity contribution >= 4 is 5.91 Å². The summed E-state index contributed by atoms with van der Waals surface area (Å²) in [6.07, 6.45) is 2.74. The van der Waals surface area contributed by atoms with Gasteiger partial charge < -0.3 is 20.3 Å². The predicted octanol–water partition coefficient (Wildman–Crippen LogP) is -0.177. The highest BCUT2D eigenvalue weighted by molar-refractivity contribution is 5.76. The van der Waals surface area contributed by atoms with Gasteiger partial charge in [0.1, 0.15) is 0 Å². The lowest BCUT2D eigenvalue weighted by molar-refractivity contribution is -0.122. The minimum Gasteiger partial charge on any atom is -0.381 e. The molecule has 1 atom stereocenters. The van der Waals surface area contributed by atoms with E-state index < -0.39 is 0 Å². The minimum atomic E-state index is 0.175. The molecule has 5 heteroatoms. The summed E-state index contributed by atoms with van der Waals surface area (Å²) < 4.78 is 5.31. The lowest BCUT2D eigenvalue weighted by Gasteiger charge is -2.30. The van der Waals surface area contributed by atoms with E-state index in [0.29, 0.717) is 18.4 Å². The zero-order valence-electron chi connectivity index (χ0n) is 11.3. The lowest BCUT2D eigenvalue weighted by atomic mass is 10.0.